The molecule has 1 heterocycles. The standard InChI is InChI=1S/C6H6GeO.Cu/c8-6-7-4-2-1-3-5-7;/h1-6H;. The van der Waals surface area contributed by atoms with E-state index in [-0.39, 0.29) is 17.1 Å². The van der Waals surface area contributed by atoms with Crippen LogP contribution in [-0.4, -0.2) is 23.9 Å². The molecule has 0 atom stereocenters. The molecular formula is C6H6CuGeO. The van der Waals surface area contributed by atoms with E-state index in [9.17, 15) is 4.79 Å². The van der Waals surface area contributed by atoms with E-state index in [0.717, 1.165) is 5.12 Å². The maximum atomic E-state index is 10.1. The summed E-state index contributed by atoms with van der Waals surface area (Å²) in [6.45, 7) is 0. The van der Waals surface area contributed by atoms with Crippen LogP contribution in [0.5, 0.6) is 0 Å². The van der Waals surface area contributed by atoms with Crippen LogP contribution in [0.2, 0.25) is 0 Å². The number of hydrogen-bond donors (Lipinski definition) is 0. The van der Waals surface area contributed by atoms with Crippen molar-refractivity contribution in [1.29, 1.82) is 0 Å². The van der Waals surface area contributed by atoms with Gasteiger partial charge in [0.1, 0.15) is 0 Å². The van der Waals surface area contributed by atoms with Gasteiger partial charge in [0.15, 0.2) is 0 Å². The first kappa shape index (κ1) is 9.08. The number of carbonyl (C=O) groups excluding carboxylic acids is 1. The fraction of sp³-hybridized carbons (Fsp3) is 0. The average molecular weight is 230 g/mol. The van der Waals surface area contributed by atoms with Gasteiger partial charge in [0, 0.05) is 17.1 Å². The Morgan fingerprint density at radius 1 is 1.22 bits per heavy atom. The smallest absolute Gasteiger partial charge is 0 e. The summed E-state index contributed by atoms with van der Waals surface area (Å²) in [6.07, 6.45) is 5.84. The third kappa shape index (κ3) is 2.94. The van der Waals surface area contributed by atoms with Crippen molar-refractivity contribution >= 4 is 23.9 Å². The number of allylic oxidation sites excluding steroid dienone is 3. The first-order chi connectivity index (χ1) is 3.93. The first-order valence-electron chi connectivity index (χ1n) is 2.44. The summed E-state index contributed by atoms with van der Waals surface area (Å²) in [5.74, 6) is 0. The van der Waals surface area contributed by atoms with Crippen LogP contribution < -0.4 is 0 Å². The van der Waals surface area contributed by atoms with E-state index >= 15 is 0 Å². The molecule has 51 valence electrons. The van der Waals surface area contributed by atoms with Crippen LogP contribution in [0.1, 0.15) is 0 Å². The summed E-state index contributed by atoms with van der Waals surface area (Å²) < 4.78 is 0. The van der Waals surface area contributed by atoms with E-state index in [4.69, 9.17) is 0 Å². The molecule has 0 aliphatic carbocycles. The fourth-order valence-electron chi connectivity index (χ4n) is 0.532. The van der Waals surface area contributed by atoms with Gasteiger partial charge in [0.2, 0.25) is 0 Å². The van der Waals surface area contributed by atoms with Crippen molar-refractivity contribution in [2.45, 2.75) is 0 Å². The Bertz CT molecular complexity index is 181. The summed E-state index contributed by atoms with van der Waals surface area (Å²) in [4.78, 5) is 14.2. The van der Waals surface area contributed by atoms with Crippen LogP contribution in [0.3, 0.4) is 0 Å². The summed E-state index contributed by atoms with van der Waals surface area (Å²) >= 11 is -1.42. The van der Waals surface area contributed by atoms with E-state index in [0.29, 0.717) is 0 Å². The molecule has 0 bridgehead atoms. The number of carbonyl (C=O) groups is 1. The molecule has 9 heavy (non-hydrogen) atoms. The third-order valence-electron chi connectivity index (χ3n) is 0.936. The normalized spacial score (nSPS) is 14.0. The van der Waals surface area contributed by atoms with Crippen LogP contribution in [-0.2, 0) is 21.9 Å². The van der Waals surface area contributed by atoms with Crippen molar-refractivity contribution in [2.24, 2.45) is 0 Å². The molecule has 1 aliphatic heterocycles. The van der Waals surface area contributed by atoms with E-state index in [2.05, 4.69) is 0 Å². The van der Waals surface area contributed by atoms with Crippen LogP contribution in [0.4, 0.5) is 0 Å². The molecule has 0 N–H and O–H groups in total. The van der Waals surface area contributed by atoms with Gasteiger partial charge in [-0.05, 0) is 0 Å². The summed E-state index contributed by atoms with van der Waals surface area (Å²) in [5.41, 5.74) is 0. The minimum Gasteiger partial charge on any atom is 0 e. The zero-order valence-electron chi connectivity index (χ0n) is 4.67. The molecule has 0 fully saturated rings. The van der Waals surface area contributed by atoms with E-state index in [1.54, 1.807) is 0 Å². The van der Waals surface area contributed by atoms with Gasteiger partial charge >= 0.3 is 51.8 Å². The molecular weight excluding hydrogens is 224 g/mol. The zero-order chi connectivity index (χ0) is 5.82. The Labute approximate surface area is 68.9 Å². The Hall–Kier alpha value is 0.0823. The van der Waals surface area contributed by atoms with E-state index < -0.39 is 13.9 Å². The Morgan fingerprint density at radius 3 is 2.33 bits per heavy atom. The second-order valence-electron chi connectivity index (χ2n) is 1.53. The van der Waals surface area contributed by atoms with Gasteiger partial charge in [-0.3, -0.25) is 0 Å². The Morgan fingerprint density at radius 2 is 2.00 bits per heavy atom. The second kappa shape index (κ2) is 4.91. The van der Waals surface area contributed by atoms with Crippen molar-refractivity contribution < 1.29 is 21.9 Å². The molecule has 1 rings (SSSR count). The minimum atomic E-state index is -1.42. The molecule has 0 aromatic carbocycles. The summed E-state index contributed by atoms with van der Waals surface area (Å²) in [5, 5.41) is 1.08. The van der Waals surface area contributed by atoms with Crippen molar-refractivity contribution in [2.75, 3.05) is 0 Å². The van der Waals surface area contributed by atoms with Crippen molar-refractivity contribution in [1.82, 2.24) is 0 Å². The summed E-state index contributed by atoms with van der Waals surface area (Å²) in [7, 11) is 0. The zero-order valence-corrected chi connectivity index (χ0v) is 7.71. The van der Waals surface area contributed by atoms with Crippen molar-refractivity contribution in [3.05, 3.63) is 23.1 Å². The monoisotopic (exact) mass is 231 g/mol. The van der Waals surface area contributed by atoms with Crippen molar-refractivity contribution in [3.63, 3.8) is 0 Å². The molecule has 0 aromatic heterocycles. The Kier molecular flexibility index (Phi) is 4.96. The SMILES string of the molecule is O=[CH][Ge]1=[CH]C=CC=[CH]1.[Cu]. The van der Waals surface area contributed by atoms with Gasteiger partial charge in [-0.2, -0.15) is 0 Å². The Balaban J connectivity index is 0.000000640. The largest absolute Gasteiger partial charge is 0 e. The molecule has 3 heteroatoms. The molecule has 0 unspecified atom stereocenters. The van der Waals surface area contributed by atoms with Gasteiger partial charge < -0.3 is 0 Å². The third-order valence-corrected chi connectivity index (χ3v) is 3.93. The van der Waals surface area contributed by atoms with Gasteiger partial charge in [-0.1, -0.05) is 0 Å². The molecule has 0 saturated heterocycles. The second-order valence-corrected chi connectivity index (χ2v) is 5.52. The maximum Gasteiger partial charge on any atom is 0 e. The molecule has 0 saturated carbocycles. The van der Waals surface area contributed by atoms with Crippen LogP contribution in [0, 0.1) is 0 Å². The number of rotatable bonds is 1. The minimum absolute atomic E-state index is 0. The predicted octanol–water partition coefficient (Wildman–Crippen LogP) is 0.300. The molecule has 1 nitrogen and oxygen atoms in total. The van der Waals surface area contributed by atoms with E-state index in [1.807, 2.05) is 28.0 Å². The fourth-order valence-corrected chi connectivity index (χ4v) is 2.49. The molecule has 1 radical (unpaired) electrons. The van der Waals surface area contributed by atoms with E-state index in [1.165, 1.54) is 0 Å². The quantitative estimate of drug-likeness (QED) is 0.468. The maximum absolute atomic E-state index is 10.1. The van der Waals surface area contributed by atoms with Crippen LogP contribution >= 0.6 is 0 Å². The van der Waals surface area contributed by atoms with Gasteiger partial charge in [0.05, 0.1) is 0 Å². The predicted molar refractivity (Wildman–Crippen MR) is 36.8 cm³/mol. The first-order valence-corrected chi connectivity index (χ1v) is 6.07. The van der Waals surface area contributed by atoms with Gasteiger partial charge in [-0.25, -0.2) is 0 Å². The topological polar surface area (TPSA) is 17.1 Å². The van der Waals surface area contributed by atoms with Crippen LogP contribution in [0.15, 0.2) is 23.1 Å². The molecule has 0 amide bonds. The van der Waals surface area contributed by atoms with Crippen molar-refractivity contribution in [3.8, 4) is 0 Å². The van der Waals surface area contributed by atoms with Gasteiger partial charge in [0.25, 0.3) is 0 Å². The van der Waals surface area contributed by atoms with Crippen LogP contribution in [0.25, 0.3) is 0 Å². The number of hydrogen-bond acceptors (Lipinski definition) is 1. The average Bonchev–Trinajstić information content (AvgIpc) is 1.90. The molecule has 1 aliphatic rings. The molecule has 0 spiro atoms. The van der Waals surface area contributed by atoms with Gasteiger partial charge in [-0.15, -0.1) is 0 Å². The molecule has 0 aromatic rings. The summed E-state index contributed by atoms with van der Waals surface area (Å²) in [6, 6.07) is 0.